The zero-order valence-corrected chi connectivity index (χ0v) is 11.8. The van der Waals surface area contributed by atoms with Crippen LogP contribution in [-0.4, -0.2) is 65.8 Å². The van der Waals surface area contributed by atoms with E-state index in [0.717, 1.165) is 26.2 Å². The Morgan fingerprint density at radius 2 is 1.47 bits per heavy atom. The summed E-state index contributed by atoms with van der Waals surface area (Å²) < 4.78 is 0. The maximum atomic E-state index is 9.54. The van der Waals surface area contributed by atoms with E-state index >= 15 is 0 Å². The first-order valence-corrected chi connectivity index (χ1v) is 6.82. The van der Waals surface area contributed by atoms with Crippen LogP contribution in [0.15, 0.2) is 0 Å². The zero-order valence-electron chi connectivity index (χ0n) is 11.8. The number of nitrogens with zero attached hydrogens (tertiary/aromatic N) is 2. The lowest BCUT2D eigenvalue weighted by Crippen LogP contribution is -2.58. The molecule has 1 heterocycles. The van der Waals surface area contributed by atoms with Gasteiger partial charge < -0.3 is 10.8 Å². The molecule has 1 aliphatic rings. The van der Waals surface area contributed by atoms with Gasteiger partial charge in [-0.1, -0.05) is 13.8 Å². The van der Waals surface area contributed by atoms with Crippen molar-refractivity contribution in [3.63, 3.8) is 0 Å². The molecule has 2 unspecified atom stereocenters. The third-order valence-electron chi connectivity index (χ3n) is 3.95. The summed E-state index contributed by atoms with van der Waals surface area (Å²) in [5.74, 6) is 0.412. The van der Waals surface area contributed by atoms with Gasteiger partial charge in [0.25, 0.3) is 0 Å². The molecule has 1 aliphatic heterocycles. The van der Waals surface area contributed by atoms with Gasteiger partial charge >= 0.3 is 0 Å². The summed E-state index contributed by atoms with van der Waals surface area (Å²) in [4.78, 5) is 4.83. The highest BCUT2D eigenvalue weighted by Crippen LogP contribution is 2.14. The van der Waals surface area contributed by atoms with Crippen molar-refractivity contribution in [2.75, 3.05) is 32.8 Å². The van der Waals surface area contributed by atoms with Crippen molar-refractivity contribution in [1.29, 1.82) is 0 Å². The smallest absolute Gasteiger partial charge is 0.0602 e. The van der Waals surface area contributed by atoms with Crippen LogP contribution in [0.25, 0.3) is 0 Å². The average molecular weight is 243 g/mol. The Morgan fingerprint density at radius 3 is 1.82 bits per heavy atom. The van der Waals surface area contributed by atoms with Crippen molar-refractivity contribution in [2.45, 2.75) is 45.8 Å². The number of nitrogens with two attached hydrogens (primary N) is 1. The van der Waals surface area contributed by atoms with Gasteiger partial charge in [-0.25, -0.2) is 0 Å². The zero-order chi connectivity index (χ0) is 13.0. The van der Waals surface area contributed by atoms with Crippen molar-refractivity contribution in [3.05, 3.63) is 0 Å². The maximum Gasteiger partial charge on any atom is 0.0602 e. The fourth-order valence-electron chi connectivity index (χ4n) is 2.51. The summed E-state index contributed by atoms with van der Waals surface area (Å²) in [6.07, 6.45) is 0. The number of aliphatic hydroxyl groups is 1. The van der Waals surface area contributed by atoms with Crippen LogP contribution in [0.3, 0.4) is 0 Å². The van der Waals surface area contributed by atoms with E-state index in [0.29, 0.717) is 12.0 Å². The van der Waals surface area contributed by atoms with Crippen LogP contribution < -0.4 is 5.73 Å². The van der Waals surface area contributed by atoms with Crippen LogP contribution in [0.1, 0.15) is 27.7 Å². The maximum absolute atomic E-state index is 9.54. The van der Waals surface area contributed by atoms with E-state index in [1.807, 2.05) is 0 Å². The minimum Gasteiger partial charge on any atom is -0.395 e. The predicted octanol–water partition coefficient (Wildman–Crippen LogP) is 0.357. The summed E-state index contributed by atoms with van der Waals surface area (Å²) >= 11 is 0. The highest BCUT2D eigenvalue weighted by Gasteiger charge is 2.29. The molecule has 17 heavy (non-hydrogen) atoms. The molecule has 0 spiro atoms. The molecule has 4 heteroatoms. The van der Waals surface area contributed by atoms with E-state index in [2.05, 4.69) is 37.5 Å². The van der Waals surface area contributed by atoms with Crippen LogP contribution in [0.2, 0.25) is 0 Å². The van der Waals surface area contributed by atoms with Crippen LogP contribution >= 0.6 is 0 Å². The molecule has 0 amide bonds. The Morgan fingerprint density at radius 1 is 1.00 bits per heavy atom. The summed E-state index contributed by atoms with van der Waals surface area (Å²) in [5, 5.41) is 9.54. The van der Waals surface area contributed by atoms with Gasteiger partial charge in [-0.05, 0) is 19.8 Å². The fourth-order valence-corrected chi connectivity index (χ4v) is 2.51. The quantitative estimate of drug-likeness (QED) is 0.732. The van der Waals surface area contributed by atoms with Crippen molar-refractivity contribution < 1.29 is 5.11 Å². The van der Waals surface area contributed by atoms with Crippen molar-refractivity contribution in [3.8, 4) is 0 Å². The molecule has 0 aromatic heterocycles. The molecular formula is C13H29N3O. The lowest BCUT2D eigenvalue weighted by Gasteiger charge is -2.42. The summed E-state index contributed by atoms with van der Waals surface area (Å²) in [6, 6.07) is 0.790. The Balaban J connectivity index is 2.50. The van der Waals surface area contributed by atoms with Crippen molar-refractivity contribution in [2.24, 2.45) is 11.7 Å². The second-order valence-corrected chi connectivity index (χ2v) is 5.74. The molecule has 1 fully saturated rings. The number of rotatable bonds is 5. The highest BCUT2D eigenvalue weighted by molar-refractivity contribution is 4.87. The van der Waals surface area contributed by atoms with Gasteiger partial charge in [-0.15, -0.1) is 0 Å². The van der Waals surface area contributed by atoms with Gasteiger partial charge in [0.15, 0.2) is 0 Å². The molecular weight excluding hydrogens is 214 g/mol. The summed E-state index contributed by atoms with van der Waals surface area (Å²) in [5.41, 5.74) is 6.18. The molecule has 3 N–H and O–H groups in total. The molecule has 102 valence electrons. The van der Waals surface area contributed by atoms with Crippen LogP contribution in [0.5, 0.6) is 0 Å². The first kappa shape index (κ1) is 14.9. The Hall–Kier alpha value is -0.160. The van der Waals surface area contributed by atoms with Gasteiger partial charge in [0.2, 0.25) is 0 Å². The minimum absolute atomic E-state index is 0.0607. The van der Waals surface area contributed by atoms with Gasteiger partial charge in [-0.2, -0.15) is 0 Å². The van der Waals surface area contributed by atoms with E-state index in [-0.39, 0.29) is 18.7 Å². The molecule has 1 saturated heterocycles. The Labute approximate surface area is 106 Å². The van der Waals surface area contributed by atoms with Gasteiger partial charge in [0.1, 0.15) is 0 Å². The normalized spacial score (nSPS) is 23.3. The third kappa shape index (κ3) is 3.91. The van der Waals surface area contributed by atoms with Crippen molar-refractivity contribution in [1.82, 2.24) is 9.80 Å². The average Bonchev–Trinajstić information content (AvgIpc) is 2.30. The van der Waals surface area contributed by atoms with Crippen molar-refractivity contribution >= 4 is 0 Å². The van der Waals surface area contributed by atoms with Crippen LogP contribution in [0, 0.1) is 5.92 Å². The molecule has 0 saturated carbocycles. The van der Waals surface area contributed by atoms with Gasteiger partial charge in [0.05, 0.1) is 6.61 Å². The van der Waals surface area contributed by atoms with Crippen LogP contribution in [0.4, 0.5) is 0 Å². The fraction of sp³-hybridized carbons (Fsp3) is 1.00. The standard InChI is InChI=1S/C13H29N3O/c1-10(2)13(14)12(9-17)16-7-5-15(6-8-16)11(3)4/h10-13,17H,5-9,14H2,1-4H3. The molecule has 0 aliphatic carbocycles. The number of piperazine rings is 1. The highest BCUT2D eigenvalue weighted by atomic mass is 16.3. The SMILES string of the molecule is CC(C)C(N)C(CO)N1CCN(C(C)C)CC1. The lowest BCUT2D eigenvalue weighted by atomic mass is 9.96. The molecule has 2 atom stereocenters. The summed E-state index contributed by atoms with van der Waals surface area (Å²) in [7, 11) is 0. The molecule has 0 aromatic carbocycles. The van der Waals surface area contributed by atoms with Gasteiger partial charge in [-0.3, -0.25) is 9.80 Å². The van der Waals surface area contributed by atoms with Gasteiger partial charge in [0, 0.05) is 44.3 Å². The number of hydrogen-bond donors (Lipinski definition) is 2. The molecule has 4 nitrogen and oxygen atoms in total. The summed E-state index contributed by atoms with van der Waals surface area (Å²) in [6.45, 7) is 13.1. The molecule has 0 radical (unpaired) electrons. The van der Waals surface area contributed by atoms with E-state index in [4.69, 9.17) is 5.73 Å². The first-order chi connectivity index (χ1) is 7.97. The van der Waals surface area contributed by atoms with E-state index in [9.17, 15) is 5.11 Å². The van der Waals surface area contributed by atoms with E-state index < -0.39 is 0 Å². The Bertz CT molecular complexity index is 213. The second kappa shape index (κ2) is 6.69. The monoisotopic (exact) mass is 243 g/mol. The van der Waals surface area contributed by atoms with E-state index in [1.165, 1.54) is 0 Å². The van der Waals surface area contributed by atoms with Crippen LogP contribution in [-0.2, 0) is 0 Å². The topological polar surface area (TPSA) is 52.7 Å². The largest absolute Gasteiger partial charge is 0.395 e. The second-order valence-electron chi connectivity index (χ2n) is 5.74. The molecule has 1 rings (SSSR count). The number of aliphatic hydroxyl groups excluding tert-OH is 1. The molecule has 0 aromatic rings. The molecule has 0 bridgehead atoms. The number of hydrogen-bond acceptors (Lipinski definition) is 4. The van der Waals surface area contributed by atoms with E-state index in [1.54, 1.807) is 0 Å². The first-order valence-electron chi connectivity index (χ1n) is 6.82. The lowest BCUT2D eigenvalue weighted by molar-refractivity contribution is 0.0364. The third-order valence-corrected chi connectivity index (χ3v) is 3.95. The predicted molar refractivity (Wildman–Crippen MR) is 72.0 cm³/mol. The Kier molecular flexibility index (Phi) is 5.86. The minimum atomic E-state index is 0.0607.